The Morgan fingerprint density at radius 3 is 2.26 bits per heavy atom. The van der Waals surface area contributed by atoms with Gasteiger partial charge in [0.15, 0.2) is 0 Å². The highest BCUT2D eigenvalue weighted by atomic mass is 16.2. The lowest BCUT2D eigenvalue weighted by atomic mass is 9.90. The third kappa shape index (κ3) is 7.74. The minimum atomic E-state index is 0.0107. The fourth-order valence-electron chi connectivity index (χ4n) is 4.12. The van der Waals surface area contributed by atoms with Crippen molar-refractivity contribution in [2.75, 3.05) is 0 Å². The number of amides is 2. The van der Waals surface area contributed by atoms with Crippen LogP contribution in [0, 0.1) is 11.8 Å². The minimum absolute atomic E-state index is 0.0107. The van der Waals surface area contributed by atoms with E-state index in [1.807, 2.05) is 44.2 Å². The predicted molar refractivity (Wildman–Crippen MR) is 111 cm³/mol. The highest BCUT2D eigenvalue weighted by Gasteiger charge is 2.22. The fourth-order valence-corrected chi connectivity index (χ4v) is 4.12. The number of carbonyl (C=O) groups excluding carboxylic acids is 2. The van der Waals surface area contributed by atoms with Crippen LogP contribution < -0.4 is 10.6 Å². The maximum absolute atomic E-state index is 12.3. The molecule has 0 aromatic heterocycles. The number of nitrogens with one attached hydrogen (secondary N) is 2. The lowest BCUT2D eigenvalue weighted by Gasteiger charge is -2.22. The van der Waals surface area contributed by atoms with E-state index >= 15 is 0 Å². The summed E-state index contributed by atoms with van der Waals surface area (Å²) in [6, 6.07) is 9.80. The van der Waals surface area contributed by atoms with E-state index in [2.05, 4.69) is 17.6 Å². The highest BCUT2D eigenvalue weighted by Crippen LogP contribution is 2.28. The van der Waals surface area contributed by atoms with E-state index in [9.17, 15) is 9.59 Å². The topological polar surface area (TPSA) is 58.2 Å². The van der Waals surface area contributed by atoms with Gasteiger partial charge in [0.2, 0.25) is 5.91 Å². The van der Waals surface area contributed by atoms with Gasteiger partial charge in [-0.05, 0) is 58.1 Å². The van der Waals surface area contributed by atoms with Gasteiger partial charge in [0, 0.05) is 23.6 Å². The number of benzene rings is 1. The van der Waals surface area contributed by atoms with E-state index in [-0.39, 0.29) is 29.8 Å². The Bertz CT molecular complexity index is 585. The van der Waals surface area contributed by atoms with E-state index in [0.717, 1.165) is 44.1 Å². The highest BCUT2D eigenvalue weighted by molar-refractivity contribution is 5.94. The summed E-state index contributed by atoms with van der Waals surface area (Å²) in [6.45, 7) is 6.15. The third-order valence-electron chi connectivity index (χ3n) is 5.48. The number of rotatable bonds is 6. The molecule has 0 spiro atoms. The van der Waals surface area contributed by atoms with Gasteiger partial charge in [-0.2, -0.15) is 0 Å². The van der Waals surface area contributed by atoms with E-state index in [1.54, 1.807) is 0 Å². The van der Waals surface area contributed by atoms with Crippen molar-refractivity contribution in [1.82, 2.24) is 10.6 Å². The van der Waals surface area contributed by atoms with Crippen LogP contribution >= 0.6 is 0 Å². The van der Waals surface area contributed by atoms with Gasteiger partial charge < -0.3 is 10.6 Å². The zero-order chi connectivity index (χ0) is 19.6. The van der Waals surface area contributed by atoms with Crippen molar-refractivity contribution in [3.05, 3.63) is 35.9 Å². The van der Waals surface area contributed by atoms with Crippen molar-refractivity contribution in [3.8, 4) is 0 Å². The predicted octanol–water partition coefficient (Wildman–Crippen LogP) is 4.70. The Kier molecular flexibility index (Phi) is 8.83. The Morgan fingerprint density at radius 1 is 0.926 bits per heavy atom. The Balaban J connectivity index is 1.80. The third-order valence-corrected chi connectivity index (χ3v) is 5.48. The zero-order valence-corrected chi connectivity index (χ0v) is 17.2. The lowest BCUT2D eigenvalue weighted by Crippen LogP contribution is -2.35. The second-order valence-corrected chi connectivity index (χ2v) is 8.42. The number of hydrogen-bond acceptors (Lipinski definition) is 2. The van der Waals surface area contributed by atoms with Gasteiger partial charge in [0.25, 0.3) is 5.91 Å². The molecule has 4 nitrogen and oxygen atoms in total. The molecule has 0 saturated heterocycles. The maximum Gasteiger partial charge on any atom is 0.251 e. The van der Waals surface area contributed by atoms with E-state index in [4.69, 9.17) is 0 Å². The molecule has 1 aliphatic carbocycles. The largest absolute Gasteiger partial charge is 0.354 e. The molecule has 27 heavy (non-hydrogen) atoms. The van der Waals surface area contributed by atoms with Crippen molar-refractivity contribution in [2.24, 2.45) is 11.8 Å². The van der Waals surface area contributed by atoms with E-state index in [1.165, 1.54) is 12.8 Å². The molecule has 0 radical (unpaired) electrons. The van der Waals surface area contributed by atoms with Crippen LogP contribution in [-0.2, 0) is 4.79 Å². The Labute approximate surface area is 164 Å². The molecule has 1 aromatic rings. The quantitative estimate of drug-likeness (QED) is 0.760. The molecule has 3 atom stereocenters. The molecule has 4 heteroatoms. The molecule has 1 aromatic carbocycles. The molecule has 3 unspecified atom stereocenters. The van der Waals surface area contributed by atoms with Crippen LogP contribution in [0.25, 0.3) is 0 Å². The Morgan fingerprint density at radius 2 is 1.56 bits per heavy atom. The van der Waals surface area contributed by atoms with Crippen LogP contribution in [0.5, 0.6) is 0 Å². The Hall–Kier alpha value is -1.84. The summed E-state index contributed by atoms with van der Waals surface area (Å²) in [6.07, 6.45) is 8.75. The first-order valence-electron chi connectivity index (χ1n) is 10.6. The van der Waals surface area contributed by atoms with Crippen molar-refractivity contribution in [1.29, 1.82) is 0 Å². The molecule has 0 heterocycles. The summed E-state index contributed by atoms with van der Waals surface area (Å²) in [5, 5.41) is 6.22. The first-order valence-corrected chi connectivity index (χ1v) is 10.6. The van der Waals surface area contributed by atoms with Gasteiger partial charge in [0.1, 0.15) is 0 Å². The molecule has 2 rings (SSSR count). The molecule has 1 saturated carbocycles. The van der Waals surface area contributed by atoms with Gasteiger partial charge in [-0.1, -0.05) is 50.3 Å². The number of carbonyl (C=O) groups is 2. The van der Waals surface area contributed by atoms with Crippen LogP contribution in [0.4, 0.5) is 0 Å². The summed E-state index contributed by atoms with van der Waals surface area (Å²) in [7, 11) is 0. The molecule has 2 amide bonds. The van der Waals surface area contributed by atoms with Crippen molar-refractivity contribution in [2.45, 2.75) is 84.2 Å². The molecular formula is C23H36N2O2. The fraction of sp³-hybridized carbons (Fsp3) is 0.652. The lowest BCUT2D eigenvalue weighted by molar-refractivity contribution is -0.126. The standard InChI is InChI=1S/C23H36N2O2/c1-17(2)24-22(26)21-14-8-7-10-19(11-9-15-21)16-18(3)25-23(27)20-12-5-4-6-13-20/h4-6,12-13,17-19,21H,7-11,14-16H2,1-3H3,(H,24,26)(H,25,27). The van der Waals surface area contributed by atoms with Crippen LogP contribution in [-0.4, -0.2) is 23.9 Å². The number of hydrogen-bond donors (Lipinski definition) is 2. The van der Waals surface area contributed by atoms with Crippen LogP contribution in [0.3, 0.4) is 0 Å². The molecule has 1 aliphatic rings. The monoisotopic (exact) mass is 372 g/mol. The molecule has 0 bridgehead atoms. The van der Waals surface area contributed by atoms with Gasteiger partial charge in [-0.3, -0.25) is 9.59 Å². The van der Waals surface area contributed by atoms with Crippen LogP contribution in [0.2, 0.25) is 0 Å². The summed E-state index contributed by atoms with van der Waals surface area (Å²) < 4.78 is 0. The van der Waals surface area contributed by atoms with Crippen LogP contribution in [0.1, 0.15) is 82.5 Å². The maximum atomic E-state index is 12.3. The second-order valence-electron chi connectivity index (χ2n) is 8.42. The molecule has 1 fully saturated rings. The molecule has 150 valence electrons. The van der Waals surface area contributed by atoms with Gasteiger partial charge >= 0.3 is 0 Å². The van der Waals surface area contributed by atoms with Gasteiger partial charge in [-0.25, -0.2) is 0 Å². The molecule has 2 N–H and O–H groups in total. The summed E-state index contributed by atoms with van der Waals surface area (Å²) in [5.41, 5.74) is 0.720. The second kappa shape index (κ2) is 11.1. The van der Waals surface area contributed by atoms with E-state index < -0.39 is 0 Å². The molecule has 0 aliphatic heterocycles. The summed E-state index contributed by atoms with van der Waals surface area (Å²) in [4.78, 5) is 24.7. The van der Waals surface area contributed by atoms with Crippen molar-refractivity contribution < 1.29 is 9.59 Å². The minimum Gasteiger partial charge on any atom is -0.354 e. The van der Waals surface area contributed by atoms with E-state index in [0.29, 0.717) is 5.92 Å². The summed E-state index contributed by atoms with van der Waals surface area (Å²) in [5.74, 6) is 1.04. The summed E-state index contributed by atoms with van der Waals surface area (Å²) >= 11 is 0. The normalized spacial score (nSPS) is 22.2. The van der Waals surface area contributed by atoms with Gasteiger partial charge in [-0.15, -0.1) is 0 Å². The first kappa shape index (κ1) is 21.5. The smallest absolute Gasteiger partial charge is 0.251 e. The zero-order valence-electron chi connectivity index (χ0n) is 17.2. The van der Waals surface area contributed by atoms with Gasteiger partial charge in [0.05, 0.1) is 0 Å². The van der Waals surface area contributed by atoms with Crippen molar-refractivity contribution >= 4 is 11.8 Å². The SMILES string of the molecule is CC(C)NC(=O)C1CCCCC(CC(C)NC(=O)c2ccccc2)CCC1. The average Bonchev–Trinajstić information content (AvgIpc) is 2.74. The molecular weight excluding hydrogens is 336 g/mol. The van der Waals surface area contributed by atoms with Crippen molar-refractivity contribution in [3.63, 3.8) is 0 Å². The first-order chi connectivity index (χ1) is 13.0. The van der Waals surface area contributed by atoms with Crippen LogP contribution in [0.15, 0.2) is 30.3 Å². The average molecular weight is 373 g/mol.